The van der Waals surface area contributed by atoms with E-state index in [4.69, 9.17) is 22.1 Å². The molecule has 0 radical (unpaired) electrons. The quantitative estimate of drug-likeness (QED) is 0.683. The highest BCUT2D eigenvalue weighted by atomic mass is 35.5. The Morgan fingerprint density at radius 2 is 2.06 bits per heavy atom. The molecule has 2 aliphatic heterocycles. The number of nitrogens with zero attached hydrogens (tertiary/aromatic N) is 4. The molecule has 2 aliphatic carbocycles. The van der Waals surface area contributed by atoms with Crippen molar-refractivity contribution in [3.8, 4) is 5.75 Å². The lowest BCUT2D eigenvalue weighted by Gasteiger charge is -2.69. The molecule has 3 N–H and O–H groups in total. The van der Waals surface area contributed by atoms with Crippen LogP contribution in [-0.2, 0) is 0 Å². The first-order valence-electron chi connectivity index (χ1n) is 11.4. The smallest absolute Gasteiger partial charge is 0.258 e. The summed E-state index contributed by atoms with van der Waals surface area (Å²) in [6.07, 6.45) is 4.90. The van der Waals surface area contributed by atoms with Crippen LogP contribution in [0.5, 0.6) is 5.75 Å². The summed E-state index contributed by atoms with van der Waals surface area (Å²) in [6, 6.07) is 4.52. The van der Waals surface area contributed by atoms with E-state index in [1.807, 2.05) is 7.05 Å². The summed E-state index contributed by atoms with van der Waals surface area (Å²) in [7, 11) is 2.03. The van der Waals surface area contributed by atoms with Crippen LogP contribution < -0.4 is 10.5 Å². The molecule has 1 spiro atoms. The van der Waals surface area contributed by atoms with E-state index in [0.29, 0.717) is 33.7 Å². The number of halogens is 2. The first-order chi connectivity index (χ1) is 16.3. The molecule has 5 atom stereocenters. The zero-order valence-corrected chi connectivity index (χ0v) is 19.4. The van der Waals surface area contributed by atoms with Gasteiger partial charge in [0.2, 0.25) is 0 Å². The topological polar surface area (TPSA) is 105 Å². The van der Waals surface area contributed by atoms with Gasteiger partial charge in [0.15, 0.2) is 5.82 Å². The van der Waals surface area contributed by atoms with Crippen molar-refractivity contribution >= 4 is 23.1 Å². The monoisotopic (exact) mass is 485 g/mol. The van der Waals surface area contributed by atoms with E-state index < -0.39 is 5.82 Å². The third-order valence-corrected chi connectivity index (χ3v) is 8.17. The third-order valence-electron chi connectivity index (χ3n) is 7.97. The number of aromatic nitrogens is 2. The summed E-state index contributed by atoms with van der Waals surface area (Å²) in [4.78, 5) is 25.6. The minimum Gasteiger partial charge on any atom is -0.489 e. The molecule has 1 amide bonds. The molecule has 178 valence electrons. The molecular formula is C24H25ClFN5O3. The molecule has 2 saturated carbocycles. The van der Waals surface area contributed by atoms with Crippen molar-refractivity contribution in [3.63, 3.8) is 0 Å². The van der Waals surface area contributed by atoms with E-state index in [1.165, 1.54) is 30.6 Å². The predicted octanol–water partition coefficient (Wildman–Crippen LogP) is 2.07. The second kappa shape index (κ2) is 7.63. The molecule has 34 heavy (non-hydrogen) atoms. The maximum atomic E-state index is 14.2. The van der Waals surface area contributed by atoms with Crippen LogP contribution in [0.3, 0.4) is 0 Å². The molecule has 4 unspecified atom stereocenters. The van der Waals surface area contributed by atoms with Crippen molar-refractivity contribution < 1.29 is 19.0 Å². The van der Waals surface area contributed by atoms with Crippen LogP contribution in [0.25, 0.3) is 5.57 Å². The molecule has 10 heteroatoms. The Kier molecular flexibility index (Phi) is 4.88. The van der Waals surface area contributed by atoms with Crippen LogP contribution in [0, 0.1) is 11.2 Å². The minimum atomic E-state index is -0.464. The molecule has 3 fully saturated rings. The Morgan fingerprint density at radius 3 is 2.79 bits per heavy atom. The highest BCUT2D eigenvalue weighted by Gasteiger charge is 2.72. The van der Waals surface area contributed by atoms with Crippen molar-refractivity contribution in [2.45, 2.75) is 43.6 Å². The van der Waals surface area contributed by atoms with E-state index in [1.54, 1.807) is 4.90 Å². The number of carbonyl (C=O) groups is 1. The van der Waals surface area contributed by atoms with Gasteiger partial charge in [-0.1, -0.05) is 11.6 Å². The average molecular weight is 486 g/mol. The number of carbonyl (C=O) groups excluding carboxylic acids is 1. The SMILES string of the molecule is CN1C2CC(Oc3cc(F)ccc3C(=O)N3CC(N)=C(c4ncc(Cl)cn4)C3)CC23C[C@H](O)C13. The average Bonchev–Trinajstić information content (AvgIpc) is 3.34. The lowest BCUT2D eigenvalue weighted by Crippen LogP contribution is -2.79. The number of aliphatic hydroxyl groups excluding tert-OH is 1. The molecule has 1 aromatic heterocycles. The molecule has 6 rings (SSSR count). The van der Waals surface area contributed by atoms with Crippen molar-refractivity contribution in [3.05, 3.63) is 58.5 Å². The standard InChI is InChI=1S/C24H25ClFN5O3/c1-30-20-5-14(6-24(20)7-18(32)21(24)30)34-19-4-13(26)2-3-15(19)23(33)31-10-16(17(27)11-31)22-28-8-12(25)9-29-22/h2-4,8-9,14,18,20-21,32H,5-7,10-11,27H2,1H3/t14?,18-,20?,21?,24?/m0/s1. The zero-order valence-electron chi connectivity index (χ0n) is 18.6. The van der Waals surface area contributed by atoms with Gasteiger partial charge in [0.1, 0.15) is 17.7 Å². The molecule has 4 aliphatic rings. The van der Waals surface area contributed by atoms with Gasteiger partial charge >= 0.3 is 0 Å². The molecular weight excluding hydrogens is 461 g/mol. The summed E-state index contributed by atoms with van der Waals surface area (Å²) >= 11 is 5.87. The number of ether oxygens (including phenoxy) is 1. The van der Waals surface area contributed by atoms with Gasteiger partial charge in [-0.2, -0.15) is 0 Å². The fourth-order valence-corrected chi connectivity index (χ4v) is 6.65. The Bertz CT molecular complexity index is 1210. The van der Waals surface area contributed by atoms with Gasteiger partial charge in [0.25, 0.3) is 5.91 Å². The largest absolute Gasteiger partial charge is 0.489 e. The molecule has 1 aromatic carbocycles. The van der Waals surface area contributed by atoms with Gasteiger partial charge in [0.05, 0.1) is 29.8 Å². The van der Waals surface area contributed by atoms with Crippen LogP contribution in [0.4, 0.5) is 4.39 Å². The maximum absolute atomic E-state index is 14.2. The van der Waals surface area contributed by atoms with E-state index in [9.17, 15) is 14.3 Å². The number of benzene rings is 1. The molecule has 2 aromatic rings. The number of rotatable bonds is 4. The molecule has 8 nitrogen and oxygen atoms in total. The van der Waals surface area contributed by atoms with Crippen LogP contribution >= 0.6 is 11.6 Å². The van der Waals surface area contributed by atoms with Gasteiger partial charge < -0.3 is 20.5 Å². The number of hydrogen-bond donors (Lipinski definition) is 2. The van der Waals surface area contributed by atoms with Crippen molar-refractivity contribution in [1.29, 1.82) is 0 Å². The summed E-state index contributed by atoms with van der Waals surface area (Å²) < 4.78 is 20.4. The summed E-state index contributed by atoms with van der Waals surface area (Å²) in [6.45, 7) is 0.456. The highest BCUT2D eigenvalue weighted by molar-refractivity contribution is 6.30. The van der Waals surface area contributed by atoms with Gasteiger partial charge in [-0.3, -0.25) is 9.69 Å². The molecule has 0 bridgehead atoms. The summed E-state index contributed by atoms with van der Waals surface area (Å²) in [5.41, 5.74) is 7.75. The third kappa shape index (κ3) is 3.14. The van der Waals surface area contributed by atoms with Crippen LogP contribution in [0.15, 0.2) is 36.3 Å². The lowest BCUT2D eigenvalue weighted by molar-refractivity contribution is -0.240. The molecule has 3 heterocycles. The lowest BCUT2D eigenvalue weighted by atomic mass is 9.52. The second-order valence-corrected chi connectivity index (χ2v) is 10.3. The Labute approximate surface area is 201 Å². The van der Waals surface area contributed by atoms with Crippen LogP contribution in [0.2, 0.25) is 5.02 Å². The Balaban J connectivity index is 1.20. The Morgan fingerprint density at radius 1 is 1.29 bits per heavy atom. The first kappa shape index (κ1) is 21.8. The number of likely N-dealkylation sites (tertiary alicyclic amines) is 1. The Hall–Kier alpha value is -2.75. The first-order valence-corrected chi connectivity index (χ1v) is 11.8. The van der Waals surface area contributed by atoms with Crippen LogP contribution in [0.1, 0.15) is 35.4 Å². The summed E-state index contributed by atoms with van der Waals surface area (Å²) in [5, 5.41) is 10.5. The van der Waals surface area contributed by atoms with Gasteiger partial charge in [-0.05, 0) is 32.0 Å². The number of likely N-dealkylation sites (N-methyl/N-ethyl adjacent to an activating group) is 1. The predicted molar refractivity (Wildman–Crippen MR) is 122 cm³/mol. The van der Waals surface area contributed by atoms with Gasteiger partial charge in [-0.15, -0.1) is 0 Å². The highest BCUT2D eigenvalue weighted by Crippen LogP contribution is 2.64. The van der Waals surface area contributed by atoms with Crippen molar-refractivity contribution in [2.24, 2.45) is 11.1 Å². The van der Waals surface area contributed by atoms with Gasteiger partial charge in [0, 0.05) is 53.6 Å². The fourth-order valence-electron chi connectivity index (χ4n) is 6.55. The number of amides is 1. The normalized spacial score (nSPS) is 32.2. The number of aliphatic hydroxyl groups is 1. The van der Waals surface area contributed by atoms with Crippen LogP contribution in [-0.4, -0.2) is 75.2 Å². The number of hydrogen-bond acceptors (Lipinski definition) is 7. The molecule has 1 saturated heterocycles. The zero-order chi connectivity index (χ0) is 23.8. The maximum Gasteiger partial charge on any atom is 0.258 e. The van der Waals surface area contributed by atoms with Crippen molar-refractivity contribution in [2.75, 3.05) is 20.1 Å². The second-order valence-electron chi connectivity index (χ2n) is 9.84. The number of nitrogens with two attached hydrogens (primary N) is 1. The van der Waals surface area contributed by atoms with E-state index in [-0.39, 0.29) is 48.4 Å². The van der Waals surface area contributed by atoms with Gasteiger partial charge in [-0.25, -0.2) is 14.4 Å². The number of piperidine rings is 1. The minimum absolute atomic E-state index is 0.0805. The summed E-state index contributed by atoms with van der Waals surface area (Å²) in [5.74, 6) is -0.0967. The fraction of sp³-hybridized carbons (Fsp3) is 0.458. The van der Waals surface area contributed by atoms with E-state index >= 15 is 0 Å². The van der Waals surface area contributed by atoms with E-state index in [0.717, 1.165) is 19.3 Å². The van der Waals surface area contributed by atoms with E-state index in [2.05, 4.69) is 14.9 Å². The van der Waals surface area contributed by atoms with Crippen molar-refractivity contribution in [1.82, 2.24) is 19.8 Å².